The first-order valence-electron chi connectivity index (χ1n) is 11.1. The van der Waals surface area contributed by atoms with E-state index in [1.807, 2.05) is 44.2 Å². The molecule has 170 valence electrons. The van der Waals surface area contributed by atoms with Crippen molar-refractivity contribution in [3.8, 4) is 28.4 Å². The van der Waals surface area contributed by atoms with E-state index in [2.05, 4.69) is 0 Å². The van der Waals surface area contributed by atoms with Crippen molar-refractivity contribution in [2.45, 2.75) is 51.6 Å². The summed E-state index contributed by atoms with van der Waals surface area (Å²) >= 11 is 0. The molecular weight excluding hydrogens is 408 g/mol. The normalized spacial score (nSPS) is 15.7. The first kappa shape index (κ1) is 22.2. The van der Waals surface area contributed by atoms with Gasteiger partial charge in [0.15, 0.2) is 17.3 Å². The van der Waals surface area contributed by atoms with Crippen LogP contribution in [0.4, 0.5) is 0 Å². The van der Waals surface area contributed by atoms with E-state index in [0.29, 0.717) is 30.1 Å². The van der Waals surface area contributed by atoms with Gasteiger partial charge >= 0.3 is 5.97 Å². The van der Waals surface area contributed by atoms with Crippen molar-refractivity contribution in [1.82, 2.24) is 0 Å². The van der Waals surface area contributed by atoms with Crippen LogP contribution in [0.5, 0.6) is 17.2 Å². The number of Topliss-reactive ketones (excluding diaryl/α,β-unsaturated/α-hetero) is 1. The highest BCUT2D eigenvalue weighted by atomic mass is 16.6. The minimum absolute atomic E-state index is 0.000588. The Labute approximate surface area is 188 Å². The Balaban J connectivity index is 1.68. The molecule has 2 aliphatic rings. The number of benzene rings is 2. The second-order valence-electron chi connectivity index (χ2n) is 9.03. The largest absolute Gasteiger partial charge is 0.493 e. The third kappa shape index (κ3) is 4.18. The number of methoxy groups -OCH3 is 2. The molecule has 0 atom stereocenters. The SMILES string of the molecule is COc1ccc(-c2cccc3c2CCC3=O)c(OCC(C)(C)OC(=O)C2CCC2)c1OC. The summed E-state index contributed by atoms with van der Waals surface area (Å²) in [6.45, 7) is 3.83. The van der Waals surface area contributed by atoms with Crippen LogP contribution in [0.3, 0.4) is 0 Å². The summed E-state index contributed by atoms with van der Waals surface area (Å²) in [6.07, 6.45) is 4.07. The molecule has 2 aromatic rings. The van der Waals surface area contributed by atoms with Gasteiger partial charge in [-0.3, -0.25) is 9.59 Å². The van der Waals surface area contributed by atoms with Crippen LogP contribution in [0.1, 0.15) is 55.5 Å². The predicted molar refractivity (Wildman–Crippen MR) is 121 cm³/mol. The summed E-state index contributed by atoms with van der Waals surface area (Å²) in [4.78, 5) is 24.6. The van der Waals surface area contributed by atoms with Crippen LogP contribution >= 0.6 is 0 Å². The van der Waals surface area contributed by atoms with Crippen molar-refractivity contribution in [1.29, 1.82) is 0 Å². The number of ketones is 1. The Morgan fingerprint density at radius 1 is 0.969 bits per heavy atom. The molecule has 1 saturated carbocycles. The van der Waals surface area contributed by atoms with Crippen molar-refractivity contribution < 1.29 is 28.5 Å². The number of rotatable bonds is 8. The Bertz CT molecular complexity index is 1030. The van der Waals surface area contributed by atoms with Crippen LogP contribution in [0.15, 0.2) is 30.3 Å². The van der Waals surface area contributed by atoms with Gasteiger partial charge in [0, 0.05) is 17.5 Å². The maximum absolute atomic E-state index is 12.4. The molecule has 0 saturated heterocycles. The molecule has 0 N–H and O–H groups in total. The lowest BCUT2D eigenvalue weighted by Gasteiger charge is -2.31. The molecule has 32 heavy (non-hydrogen) atoms. The summed E-state index contributed by atoms with van der Waals surface area (Å²) in [5.41, 5.74) is 2.72. The standard InChI is InChI=1S/C26H30O6/c1-26(2,32-25(28)16-7-5-8-16)15-31-23-20(12-14-22(29-3)24(23)30-4)17-9-6-10-19-18(17)11-13-21(19)27/h6,9-10,12,14,16H,5,7-8,11,13,15H2,1-4H3. The van der Waals surface area contributed by atoms with E-state index in [1.165, 1.54) is 0 Å². The minimum atomic E-state index is -0.813. The van der Waals surface area contributed by atoms with Crippen LogP contribution < -0.4 is 14.2 Å². The highest BCUT2D eigenvalue weighted by Crippen LogP contribution is 2.47. The average molecular weight is 439 g/mol. The van der Waals surface area contributed by atoms with Crippen LogP contribution in [0.2, 0.25) is 0 Å². The van der Waals surface area contributed by atoms with Crippen molar-refractivity contribution in [3.05, 3.63) is 41.5 Å². The molecule has 0 aliphatic heterocycles. The average Bonchev–Trinajstić information content (AvgIpc) is 3.11. The number of hydrogen-bond acceptors (Lipinski definition) is 6. The van der Waals surface area contributed by atoms with E-state index in [4.69, 9.17) is 18.9 Å². The maximum Gasteiger partial charge on any atom is 0.309 e. The fourth-order valence-corrected chi connectivity index (χ4v) is 4.27. The van der Waals surface area contributed by atoms with Crippen molar-refractivity contribution in [3.63, 3.8) is 0 Å². The van der Waals surface area contributed by atoms with Gasteiger partial charge in [0.25, 0.3) is 0 Å². The molecule has 6 heteroatoms. The van der Waals surface area contributed by atoms with Crippen molar-refractivity contribution >= 4 is 11.8 Å². The number of carbonyl (C=O) groups is 2. The summed E-state index contributed by atoms with van der Waals surface area (Å²) in [6, 6.07) is 9.51. The van der Waals surface area contributed by atoms with E-state index in [0.717, 1.165) is 41.5 Å². The minimum Gasteiger partial charge on any atom is -0.493 e. The Hall–Kier alpha value is -3.02. The topological polar surface area (TPSA) is 71.1 Å². The van der Waals surface area contributed by atoms with E-state index in [-0.39, 0.29) is 24.3 Å². The van der Waals surface area contributed by atoms with Gasteiger partial charge in [0.1, 0.15) is 12.2 Å². The molecule has 0 bridgehead atoms. The zero-order valence-corrected chi connectivity index (χ0v) is 19.2. The summed E-state index contributed by atoms with van der Waals surface area (Å²) < 4.78 is 23.2. The number of carbonyl (C=O) groups excluding carboxylic acids is 2. The Kier molecular flexibility index (Phi) is 6.13. The fraction of sp³-hybridized carbons (Fsp3) is 0.462. The second-order valence-corrected chi connectivity index (χ2v) is 9.03. The van der Waals surface area contributed by atoms with Gasteiger partial charge in [-0.05, 0) is 56.4 Å². The first-order valence-corrected chi connectivity index (χ1v) is 11.1. The molecule has 0 radical (unpaired) electrons. The van der Waals surface area contributed by atoms with E-state index < -0.39 is 5.60 Å². The fourth-order valence-electron chi connectivity index (χ4n) is 4.27. The highest BCUT2D eigenvalue weighted by molar-refractivity contribution is 6.02. The van der Waals surface area contributed by atoms with E-state index in [9.17, 15) is 9.59 Å². The molecule has 0 aromatic heterocycles. The van der Waals surface area contributed by atoms with Gasteiger partial charge in [-0.15, -0.1) is 0 Å². The van der Waals surface area contributed by atoms with Crippen molar-refractivity contribution in [2.75, 3.05) is 20.8 Å². The quantitative estimate of drug-likeness (QED) is 0.540. The first-order chi connectivity index (χ1) is 15.3. The van der Waals surface area contributed by atoms with Crippen LogP contribution in [0.25, 0.3) is 11.1 Å². The van der Waals surface area contributed by atoms with E-state index >= 15 is 0 Å². The van der Waals surface area contributed by atoms with Gasteiger partial charge in [-0.25, -0.2) is 0 Å². The molecule has 0 heterocycles. The van der Waals surface area contributed by atoms with Gasteiger partial charge in [0.2, 0.25) is 5.75 Å². The number of hydrogen-bond donors (Lipinski definition) is 0. The van der Waals surface area contributed by atoms with Gasteiger partial charge < -0.3 is 18.9 Å². The molecule has 2 aliphatic carbocycles. The molecule has 0 spiro atoms. The van der Waals surface area contributed by atoms with E-state index in [1.54, 1.807) is 14.2 Å². The molecular formula is C26H30O6. The molecule has 6 nitrogen and oxygen atoms in total. The zero-order chi connectivity index (χ0) is 22.9. The number of ether oxygens (including phenoxy) is 4. The lowest BCUT2D eigenvalue weighted by Crippen LogP contribution is -2.38. The zero-order valence-electron chi connectivity index (χ0n) is 19.2. The summed E-state index contributed by atoms with van der Waals surface area (Å²) in [7, 11) is 3.14. The van der Waals surface area contributed by atoms with Gasteiger partial charge in [-0.1, -0.05) is 24.6 Å². The molecule has 4 rings (SSSR count). The van der Waals surface area contributed by atoms with Crippen molar-refractivity contribution in [2.24, 2.45) is 5.92 Å². The number of esters is 1. The molecule has 0 unspecified atom stereocenters. The van der Waals surface area contributed by atoms with Crippen LogP contribution in [-0.2, 0) is 16.0 Å². The van der Waals surface area contributed by atoms with Crippen LogP contribution in [0, 0.1) is 5.92 Å². The Morgan fingerprint density at radius 3 is 2.38 bits per heavy atom. The molecule has 2 aromatic carbocycles. The smallest absolute Gasteiger partial charge is 0.309 e. The van der Waals surface area contributed by atoms with Crippen LogP contribution in [-0.4, -0.2) is 38.2 Å². The number of fused-ring (bicyclic) bond motifs is 1. The lowest BCUT2D eigenvalue weighted by molar-refractivity contribution is -0.167. The second kappa shape index (κ2) is 8.85. The molecule has 0 amide bonds. The third-order valence-corrected chi connectivity index (χ3v) is 6.25. The summed E-state index contributed by atoms with van der Waals surface area (Å²) in [5.74, 6) is 1.51. The maximum atomic E-state index is 12.4. The van der Waals surface area contributed by atoms with Gasteiger partial charge in [0.05, 0.1) is 20.1 Å². The monoisotopic (exact) mass is 438 g/mol. The predicted octanol–water partition coefficient (Wildman–Crippen LogP) is 5.00. The third-order valence-electron chi connectivity index (χ3n) is 6.25. The highest BCUT2D eigenvalue weighted by Gasteiger charge is 2.33. The lowest BCUT2D eigenvalue weighted by atomic mass is 9.85. The van der Waals surface area contributed by atoms with Gasteiger partial charge in [-0.2, -0.15) is 0 Å². The molecule has 1 fully saturated rings. The Morgan fingerprint density at radius 2 is 1.72 bits per heavy atom. The summed E-state index contributed by atoms with van der Waals surface area (Å²) in [5, 5.41) is 0.